The van der Waals surface area contributed by atoms with E-state index in [2.05, 4.69) is 72.0 Å². The Morgan fingerprint density at radius 1 is 1.26 bits per heavy atom. The lowest BCUT2D eigenvalue weighted by Crippen LogP contribution is -2.45. The highest BCUT2D eigenvalue weighted by atomic mass is 35.5. The van der Waals surface area contributed by atoms with Gasteiger partial charge in [-0.2, -0.15) is 0 Å². The minimum absolute atomic E-state index is 0.0512. The molecule has 2 fully saturated rings. The van der Waals surface area contributed by atoms with Crippen LogP contribution in [0.5, 0.6) is 0 Å². The zero-order valence-corrected chi connectivity index (χ0v) is 27.6. The first kappa shape index (κ1) is 40.5. The number of alkyl halides is 2. The first-order valence-electron chi connectivity index (χ1n) is 15.2. The lowest BCUT2D eigenvalue weighted by atomic mass is 9.97. The summed E-state index contributed by atoms with van der Waals surface area (Å²) in [5.41, 5.74) is 9.56. The van der Waals surface area contributed by atoms with Crippen LogP contribution in [-0.2, 0) is 9.59 Å². The third-order valence-electron chi connectivity index (χ3n) is 7.34. The number of nitrogens with one attached hydrogen (secondary N) is 1. The van der Waals surface area contributed by atoms with Crippen molar-refractivity contribution in [3.05, 3.63) is 59.8 Å². The number of aldehydes is 1. The van der Waals surface area contributed by atoms with Crippen LogP contribution in [-0.4, -0.2) is 111 Å². The molecule has 0 aromatic rings. The minimum Gasteiger partial charge on any atom is -0.352 e. The van der Waals surface area contributed by atoms with E-state index in [0.717, 1.165) is 83.6 Å². The van der Waals surface area contributed by atoms with Gasteiger partial charge in [0.2, 0.25) is 0 Å². The van der Waals surface area contributed by atoms with Crippen molar-refractivity contribution < 1.29 is 14.0 Å². The highest BCUT2D eigenvalue weighted by Crippen LogP contribution is 2.25. The Hall–Kier alpha value is -2.54. The van der Waals surface area contributed by atoms with Gasteiger partial charge in [0.05, 0.1) is 0 Å². The molecule has 242 valence electrons. The standard InChI is InChI=1S/C24H41N5O.C4H5ClO.C3H5F.C3H4/c1-19-5-6-21(7-8-23(19)20(2)29-13-9-22(25)10-14-29)24(30)26-11-4-12-28-17-15-27(3)16-18-28;5-3-1-2-4-6;1-2-3-4;1-3-2/h6-8,20,22H,4-5,9-18,25H2,1-3H3,(H,26,30);1-2,4H,3H2;2H,1,3H2;1H,2H3/b;2-1+;;. The van der Waals surface area contributed by atoms with Gasteiger partial charge in [-0.1, -0.05) is 29.9 Å². The number of hydrogen-bond acceptors (Lipinski definition) is 6. The van der Waals surface area contributed by atoms with Crippen LogP contribution in [0.1, 0.15) is 46.5 Å². The molecule has 1 unspecified atom stereocenters. The van der Waals surface area contributed by atoms with Gasteiger partial charge in [0.15, 0.2) is 0 Å². The third kappa shape index (κ3) is 18.7. The summed E-state index contributed by atoms with van der Waals surface area (Å²) < 4.78 is 10.6. The highest BCUT2D eigenvalue weighted by Gasteiger charge is 2.24. The molecule has 0 spiro atoms. The molecule has 1 atom stereocenters. The molecule has 0 aromatic heterocycles. The van der Waals surface area contributed by atoms with Crippen molar-refractivity contribution in [1.29, 1.82) is 0 Å². The van der Waals surface area contributed by atoms with Gasteiger partial charge in [0, 0.05) is 69.4 Å². The summed E-state index contributed by atoms with van der Waals surface area (Å²) >= 11 is 5.13. The molecule has 2 heterocycles. The number of terminal acetylenes is 1. The van der Waals surface area contributed by atoms with E-state index in [1.165, 1.54) is 23.3 Å². The number of nitrogens with two attached hydrogens (primary N) is 1. The van der Waals surface area contributed by atoms with Gasteiger partial charge in [-0.3, -0.25) is 14.5 Å². The summed E-state index contributed by atoms with van der Waals surface area (Å²) in [6.07, 6.45) is 19.7. The monoisotopic (exact) mass is 619 g/mol. The summed E-state index contributed by atoms with van der Waals surface area (Å²) in [6.45, 7) is 17.3. The number of nitrogens with zero attached hydrogens (tertiary/aromatic N) is 3. The summed E-state index contributed by atoms with van der Waals surface area (Å²) in [7, 11) is 2.18. The van der Waals surface area contributed by atoms with Crippen LogP contribution in [0.15, 0.2) is 59.8 Å². The summed E-state index contributed by atoms with van der Waals surface area (Å²) in [5, 5.41) is 3.12. The molecule has 0 aromatic carbocycles. The van der Waals surface area contributed by atoms with Gasteiger partial charge in [-0.15, -0.1) is 30.5 Å². The Morgan fingerprint density at radius 3 is 2.37 bits per heavy atom. The summed E-state index contributed by atoms with van der Waals surface area (Å²) in [6, 6.07) is 0.717. The van der Waals surface area contributed by atoms with Crippen molar-refractivity contribution in [3.63, 3.8) is 0 Å². The fourth-order valence-electron chi connectivity index (χ4n) is 4.72. The summed E-state index contributed by atoms with van der Waals surface area (Å²) in [5.74, 6) is 2.72. The van der Waals surface area contributed by atoms with Gasteiger partial charge in [0.1, 0.15) is 13.0 Å². The Kier molecular flexibility index (Phi) is 24.4. The van der Waals surface area contributed by atoms with E-state index in [1.807, 2.05) is 6.08 Å². The molecule has 0 bridgehead atoms. The largest absolute Gasteiger partial charge is 0.352 e. The normalized spacial score (nSPS) is 18.8. The number of rotatable bonds is 10. The van der Waals surface area contributed by atoms with Crippen molar-refractivity contribution in [2.75, 3.05) is 72.0 Å². The van der Waals surface area contributed by atoms with Gasteiger partial charge in [-0.05, 0) is 77.8 Å². The molecule has 2 aliphatic heterocycles. The topological polar surface area (TPSA) is 81.9 Å². The fraction of sp³-hybridized carbons (Fsp3) is 0.588. The maximum Gasteiger partial charge on any atom is 0.250 e. The molecule has 3 aliphatic rings. The second-order valence-corrected chi connectivity index (χ2v) is 11.0. The molecule has 0 radical (unpaired) electrons. The average Bonchev–Trinajstić information content (AvgIpc) is 3.21. The number of hydrogen-bond donors (Lipinski definition) is 2. The van der Waals surface area contributed by atoms with Crippen LogP contribution in [0.4, 0.5) is 4.39 Å². The molecule has 43 heavy (non-hydrogen) atoms. The van der Waals surface area contributed by atoms with Crippen molar-refractivity contribution in [1.82, 2.24) is 20.0 Å². The van der Waals surface area contributed by atoms with E-state index >= 15 is 0 Å². The Labute approximate surface area is 265 Å². The van der Waals surface area contributed by atoms with Gasteiger partial charge >= 0.3 is 0 Å². The van der Waals surface area contributed by atoms with Crippen LogP contribution in [0.2, 0.25) is 0 Å². The van der Waals surface area contributed by atoms with Crippen LogP contribution in [0.3, 0.4) is 0 Å². The second kappa shape index (κ2) is 25.9. The van der Waals surface area contributed by atoms with Gasteiger partial charge in [-0.25, -0.2) is 4.39 Å². The lowest BCUT2D eigenvalue weighted by Gasteiger charge is -2.36. The fourth-order valence-corrected chi connectivity index (χ4v) is 4.83. The molecule has 9 heteroatoms. The van der Waals surface area contributed by atoms with Crippen LogP contribution in [0.25, 0.3) is 0 Å². The minimum atomic E-state index is -0.417. The van der Waals surface area contributed by atoms with E-state index in [1.54, 1.807) is 13.0 Å². The van der Waals surface area contributed by atoms with Gasteiger partial charge < -0.3 is 20.9 Å². The van der Waals surface area contributed by atoms with E-state index in [4.69, 9.17) is 17.3 Å². The van der Waals surface area contributed by atoms with Crippen molar-refractivity contribution in [3.8, 4) is 12.3 Å². The zero-order chi connectivity index (χ0) is 32.5. The summed E-state index contributed by atoms with van der Waals surface area (Å²) in [4.78, 5) is 29.5. The Bertz CT molecular complexity index is 956. The molecule has 1 amide bonds. The average molecular weight is 620 g/mol. The number of amides is 1. The van der Waals surface area contributed by atoms with E-state index < -0.39 is 6.67 Å². The predicted molar refractivity (Wildman–Crippen MR) is 181 cm³/mol. The Morgan fingerprint density at radius 2 is 1.86 bits per heavy atom. The van der Waals surface area contributed by atoms with Crippen molar-refractivity contribution >= 4 is 23.8 Å². The molecular formula is C34H55ClFN5O2. The van der Waals surface area contributed by atoms with Crippen molar-refractivity contribution in [2.24, 2.45) is 5.73 Å². The SMILES string of the molecule is C#CC.C=CCF.CC1=C(C(C)N2CCC(N)CC2)C=CC(C(=O)NCCCN2CCN(C)CC2)=CC1.O=C/C=C/CCl. The van der Waals surface area contributed by atoms with Crippen LogP contribution < -0.4 is 11.1 Å². The van der Waals surface area contributed by atoms with E-state index in [9.17, 15) is 14.0 Å². The number of piperidine rings is 1. The lowest BCUT2D eigenvalue weighted by molar-refractivity contribution is -0.117. The number of likely N-dealkylation sites (tertiary alicyclic amines) is 1. The molecule has 7 nitrogen and oxygen atoms in total. The quantitative estimate of drug-likeness (QED) is 0.0935. The number of likely N-dealkylation sites (N-methyl/N-ethyl adjacent to an activating group) is 1. The molecule has 3 rings (SSSR count). The van der Waals surface area contributed by atoms with Crippen LogP contribution >= 0.6 is 11.6 Å². The second-order valence-electron chi connectivity index (χ2n) is 10.7. The number of carbonyl (C=O) groups is 2. The maximum atomic E-state index is 12.7. The maximum absolute atomic E-state index is 12.7. The number of allylic oxidation sites excluding steroid dienone is 5. The molecule has 1 aliphatic carbocycles. The van der Waals surface area contributed by atoms with Gasteiger partial charge in [0.25, 0.3) is 5.91 Å². The van der Waals surface area contributed by atoms with E-state index in [0.29, 0.717) is 24.2 Å². The first-order chi connectivity index (χ1) is 20.7. The van der Waals surface area contributed by atoms with E-state index in [-0.39, 0.29) is 5.91 Å². The third-order valence-corrected chi connectivity index (χ3v) is 7.52. The number of carbonyl (C=O) groups excluding carboxylic acids is 2. The molecule has 3 N–H and O–H groups in total. The first-order valence-corrected chi connectivity index (χ1v) is 15.7. The van der Waals surface area contributed by atoms with Crippen molar-refractivity contribution in [2.45, 2.75) is 58.5 Å². The molecule has 0 saturated carbocycles. The number of piperazine rings is 1. The Balaban J connectivity index is 0.00000114. The smallest absolute Gasteiger partial charge is 0.250 e. The predicted octanol–water partition coefficient (Wildman–Crippen LogP) is 4.52. The molecular weight excluding hydrogens is 565 g/mol. The highest BCUT2D eigenvalue weighted by molar-refractivity contribution is 6.19. The van der Waals surface area contributed by atoms with Crippen LogP contribution in [0, 0.1) is 12.3 Å². The number of halogens is 2. The zero-order valence-electron chi connectivity index (χ0n) is 26.9. The molecule has 2 saturated heterocycles.